The van der Waals surface area contributed by atoms with Crippen molar-refractivity contribution in [2.45, 2.75) is 12.8 Å². The summed E-state index contributed by atoms with van der Waals surface area (Å²) in [6.45, 7) is 1.72. The Morgan fingerprint density at radius 2 is 1.90 bits per heavy atom. The number of halogens is 2. The highest BCUT2D eigenvalue weighted by Gasteiger charge is 2.25. The quantitative estimate of drug-likeness (QED) is 0.923. The molecule has 110 valence electrons. The number of rotatable bonds is 4. The molecule has 0 aromatic heterocycles. The molecular formula is C14H17F2NO3. The second kappa shape index (κ2) is 6.17. The molecule has 1 heterocycles. The Bertz CT molecular complexity index is 476. The van der Waals surface area contributed by atoms with Crippen LogP contribution >= 0.6 is 0 Å². The molecule has 0 atom stereocenters. The molecule has 1 aromatic rings. The zero-order chi connectivity index (χ0) is 14.7. The molecule has 4 nitrogen and oxygen atoms in total. The van der Waals surface area contributed by atoms with E-state index in [1.54, 1.807) is 12.0 Å². The lowest BCUT2D eigenvalue weighted by atomic mass is 9.97. The minimum atomic E-state index is -1.34. The molecular weight excluding hydrogens is 268 g/mol. The van der Waals surface area contributed by atoms with Gasteiger partial charge in [-0.2, -0.15) is 0 Å². The summed E-state index contributed by atoms with van der Waals surface area (Å²) in [6.07, 6.45) is 1.60. The van der Waals surface area contributed by atoms with E-state index in [9.17, 15) is 13.6 Å². The lowest BCUT2D eigenvalue weighted by Gasteiger charge is -2.33. The van der Waals surface area contributed by atoms with Gasteiger partial charge in [-0.25, -0.2) is 13.6 Å². The van der Waals surface area contributed by atoms with Crippen LogP contribution < -0.4 is 4.90 Å². The van der Waals surface area contributed by atoms with Crippen LogP contribution in [0, 0.1) is 17.6 Å². The first-order valence-corrected chi connectivity index (χ1v) is 6.49. The predicted molar refractivity (Wildman–Crippen MR) is 70.1 cm³/mol. The Morgan fingerprint density at radius 1 is 1.35 bits per heavy atom. The summed E-state index contributed by atoms with van der Waals surface area (Å²) in [6, 6.07) is 1.73. The third-order valence-corrected chi connectivity index (χ3v) is 3.60. The number of methoxy groups -OCH3 is 1. The zero-order valence-corrected chi connectivity index (χ0v) is 11.2. The van der Waals surface area contributed by atoms with Gasteiger partial charge in [0.25, 0.3) is 0 Å². The second-order valence-electron chi connectivity index (χ2n) is 4.98. The van der Waals surface area contributed by atoms with Crippen molar-refractivity contribution in [1.29, 1.82) is 0 Å². The number of piperidine rings is 1. The van der Waals surface area contributed by atoms with Gasteiger partial charge in [-0.05, 0) is 30.9 Å². The van der Waals surface area contributed by atoms with E-state index in [2.05, 4.69) is 0 Å². The van der Waals surface area contributed by atoms with Crippen LogP contribution in [0.2, 0.25) is 0 Å². The lowest BCUT2D eigenvalue weighted by Crippen LogP contribution is -2.36. The third kappa shape index (κ3) is 3.07. The lowest BCUT2D eigenvalue weighted by molar-refractivity contribution is 0.0695. The molecule has 0 radical (unpaired) electrons. The first kappa shape index (κ1) is 14.7. The largest absolute Gasteiger partial charge is 0.478 e. The average molecular weight is 285 g/mol. The highest BCUT2D eigenvalue weighted by molar-refractivity contribution is 5.88. The zero-order valence-electron chi connectivity index (χ0n) is 11.2. The van der Waals surface area contributed by atoms with Gasteiger partial charge in [0.05, 0.1) is 5.56 Å². The van der Waals surface area contributed by atoms with Gasteiger partial charge in [-0.1, -0.05) is 0 Å². The summed E-state index contributed by atoms with van der Waals surface area (Å²) in [4.78, 5) is 12.4. The number of carbonyl (C=O) groups is 1. The van der Waals surface area contributed by atoms with Gasteiger partial charge in [-0.15, -0.1) is 0 Å². The molecule has 0 spiro atoms. The van der Waals surface area contributed by atoms with Crippen molar-refractivity contribution >= 4 is 11.7 Å². The maximum atomic E-state index is 13.9. The monoisotopic (exact) mass is 285 g/mol. The van der Waals surface area contributed by atoms with E-state index >= 15 is 0 Å². The predicted octanol–water partition coefficient (Wildman–Crippen LogP) is 2.53. The summed E-state index contributed by atoms with van der Waals surface area (Å²) in [5.41, 5.74) is -0.510. The Labute approximate surface area is 116 Å². The van der Waals surface area contributed by atoms with Gasteiger partial charge in [0, 0.05) is 26.8 Å². The summed E-state index contributed by atoms with van der Waals surface area (Å²) < 4.78 is 32.9. The molecule has 1 aliphatic heterocycles. The fourth-order valence-electron chi connectivity index (χ4n) is 2.55. The first-order valence-electron chi connectivity index (χ1n) is 6.49. The number of ether oxygens (including phenoxy) is 1. The van der Waals surface area contributed by atoms with E-state index in [1.807, 2.05) is 0 Å². The van der Waals surface area contributed by atoms with Crippen LogP contribution in [0.25, 0.3) is 0 Å². The highest BCUT2D eigenvalue weighted by Crippen LogP contribution is 2.29. The average Bonchev–Trinajstić information content (AvgIpc) is 2.40. The molecule has 6 heteroatoms. The summed E-state index contributed by atoms with van der Waals surface area (Å²) >= 11 is 0. The van der Waals surface area contributed by atoms with Crippen LogP contribution in [0.5, 0.6) is 0 Å². The molecule has 2 rings (SSSR count). The molecule has 1 aliphatic rings. The summed E-state index contributed by atoms with van der Waals surface area (Å²) in [5, 5.41) is 8.77. The standard InChI is InChI=1S/C14H17F2NO3/c1-20-8-9-2-4-17(5-3-9)13-11(15)6-10(14(18)19)7-12(13)16/h6-7,9H,2-5,8H2,1H3,(H,18,19). The number of hydrogen-bond donors (Lipinski definition) is 1. The molecule has 0 amide bonds. The van der Waals surface area contributed by atoms with Crippen molar-refractivity contribution in [1.82, 2.24) is 0 Å². The van der Waals surface area contributed by atoms with Gasteiger partial charge < -0.3 is 14.7 Å². The maximum absolute atomic E-state index is 13.9. The Hall–Kier alpha value is -1.69. The number of hydrogen-bond acceptors (Lipinski definition) is 3. The summed E-state index contributed by atoms with van der Waals surface area (Å²) in [5.74, 6) is -2.59. The number of carboxylic acids is 1. The van der Waals surface area contributed by atoms with Crippen molar-refractivity contribution < 1.29 is 23.4 Å². The van der Waals surface area contributed by atoms with Crippen LogP contribution in [0.4, 0.5) is 14.5 Å². The number of nitrogens with zero attached hydrogens (tertiary/aromatic N) is 1. The maximum Gasteiger partial charge on any atom is 0.335 e. The normalized spacial score (nSPS) is 16.4. The number of benzene rings is 1. The van der Waals surface area contributed by atoms with E-state index in [-0.39, 0.29) is 11.3 Å². The Morgan fingerprint density at radius 3 is 2.35 bits per heavy atom. The van der Waals surface area contributed by atoms with Gasteiger partial charge in [-0.3, -0.25) is 0 Å². The van der Waals surface area contributed by atoms with Gasteiger partial charge in [0.1, 0.15) is 17.3 Å². The topological polar surface area (TPSA) is 49.8 Å². The summed E-state index contributed by atoms with van der Waals surface area (Å²) in [7, 11) is 1.64. The molecule has 1 aromatic carbocycles. The highest BCUT2D eigenvalue weighted by atomic mass is 19.1. The number of carboxylic acid groups (broad SMARTS) is 1. The van der Waals surface area contributed by atoms with E-state index in [4.69, 9.17) is 9.84 Å². The van der Waals surface area contributed by atoms with Crippen LogP contribution in [-0.4, -0.2) is 37.9 Å². The van der Waals surface area contributed by atoms with Crippen LogP contribution in [0.3, 0.4) is 0 Å². The Balaban J connectivity index is 2.16. The van der Waals surface area contributed by atoms with Crippen LogP contribution in [0.15, 0.2) is 12.1 Å². The molecule has 0 aliphatic carbocycles. The molecule has 20 heavy (non-hydrogen) atoms. The minimum Gasteiger partial charge on any atom is -0.478 e. The molecule has 1 N–H and O–H groups in total. The molecule has 1 fully saturated rings. The SMILES string of the molecule is COCC1CCN(c2c(F)cc(C(=O)O)cc2F)CC1. The fraction of sp³-hybridized carbons (Fsp3) is 0.500. The smallest absolute Gasteiger partial charge is 0.335 e. The number of anilines is 1. The van der Waals surface area contributed by atoms with E-state index in [0.717, 1.165) is 25.0 Å². The van der Waals surface area contributed by atoms with Gasteiger partial charge in [0.2, 0.25) is 0 Å². The van der Waals surface area contributed by atoms with Gasteiger partial charge in [0.15, 0.2) is 0 Å². The molecule has 0 saturated carbocycles. The van der Waals surface area contributed by atoms with Crippen molar-refractivity contribution in [2.24, 2.45) is 5.92 Å². The van der Waals surface area contributed by atoms with Crippen molar-refractivity contribution in [3.8, 4) is 0 Å². The van der Waals surface area contributed by atoms with Crippen molar-refractivity contribution in [3.05, 3.63) is 29.3 Å². The van der Waals surface area contributed by atoms with Crippen LogP contribution in [-0.2, 0) is 4.74 Å². The van der Waals surface area contributed by atoms with Crippen molar-refractivity contribution in [2.75, 3.05) is 31.7 Å². The first-order chi connectivity index (χ1) is 9.52. The number of aromatic carboxylic acids is 1. The van der Waals surface area contributed by atoms with E-state index in [0.29, 0.717) is 25.6 Å². The minimum absolute atomic E-state index is 0.133. The molecule has 1 saturated heterocycles. The molecule has 0 unspecified atom stereocenters. The van der Waals surface area contributed by atoms with Gasteiger partial charge >= 0.3 is 5.97 Å². The second-order valence-corrected chi connectivity index (χ2v) is 4.98. The van der Waals surface area contributed by atoms with E-state index in [1.165, 1.54) is 0 Å². The fourth-order valence-corrected chi connectivity index (χ4v) is 2.55. The van der Waals surface area contributed by atoms with E-state index < -0.39 is 17.6 Å². The third-order valence-electron chi connectivity index (χ3n) is 3.60. The van der Waals surface area contributed by atoms with Crippen molar-refractivity contribution in [3.63, 3.8) is 0 Å². The Kier molecular flexibility index (Phi) is 4.54. The molecule has 0 bridgehead atoms. The van der Waals surface area contributed by atoms with Crippen LogP contribution in [0.1, 0.15) is 23.2 Å².